The third-order valence-corrected chi connectivity index (χ3v) is 6.89. The fraction of sp³-hybridized carbons (Fsp3) is 0.481. The van der Waals surface area contributed by atoms with Crippen molar-refractivity contribution < 1.29 is 23.8 Å². The monoisotopic (exact) mass is 526 g/mol. The van der Waals surface area contributed by atoms with E-state index in [1.54, 1.807) is 50.2 Å². The van der Waals surface area contributed by atoms with Gasteiger partial charge in [0, 0.05) is 31.5 Å². The predicted octanol–water partition coefficient (Wildman–Crippen LogP) is 4.62. The van der Waals surface area contributed by atoms with Crippen molar-refractivity contribution in [2.75, 3.05) is 31.6 Å². The number of hydrogen-bond acceptors (Lipinski definition) is 7. The van der Waals surface area contributed by atoms with Gasteiger partial charge < -0.3 is 19.1 Å². The molecule has 1 atom stereocenters. The molecule has 196 valence electrons. The van der Waals surface area contributed by atoms with E-state index in [1.807, 2.05) is 12.1 Å². The first kappa shape index (κ1) is 26.6. The Hall–Kier alpha value is -3.51. The summed E-state index contributed by atoms with van der Waals surface area (Å²) in [5.41, 5.74) is 0.172. The molecule has 2 aliphatic rings. The molecule has 2 aliphatic heterocycles. The van der Waals surface area contributed by atoms with Crippen LogP contribution < -0.4 is 14.4 Å². The molecule has 1 unspecified atom stereocenters. The molecule has 3 heterocycles. The van der Waals surface area contributed by atoms with E-state index in [9.17, 15) is 14.9 Å². The van der Waals surface area contributed by atoms with Crippen LogP contribution in [0.25, 0.3) is 0 Å². The fourth-order valence-corrected chi connectivity index (χ4v) is 4.87. The lowest BCUT2D eigenvalue weighted by molar-refractivity contribution is -0.140. The van der Waals surface area contributed by atoms with Crippen LogP contribution in [0.5, 0.6) is 11.5 Å². The number of fused-ring (bicyclic) bond motifs is 1. The van der Waals surface area contributed by atoms with Crippen molar-refractivity contribution in [3.05, 3.63) is 47.2 Å². The number of nitrogens with zero attached hydrogens (tertiary/aromatic N) is 4. The Labute approximate surface area is 221 Å². The lowest BCUT2D eigenvalue weighted by Crippen LogP contribution is -2.54. The third-order valence-electron chi connectivity index (χ3n) is 6.59. The summed E-state index contributed by atoms with van der Waals surface area (Å²) in [6.45, 7) is 6.13. The van der Waals surface area contributed by atoms with Crippen molar-refractivity contribution in [1.82, 2.24) is 9.88 Å². The second kappa shape index (κ2) is 10.5. The van der Waals surface area contributed by atoms with Crippen LogP contribution >= 0.6 is 11.6 Å². The largest absolute Gasteiger partial charge is 0.495 e. The Kier molecular flexibility index (Phi) is 7.51. The summed E-state index contributed by atoms with van der Waals surface area (Å²) in [7, 11) is 1.48. The number of rotatable bonds is 4. The van der Waals surface area contributed by atoms with Crippen molar-refractivity contribution >= 4 is 29.3 Å². The van der Waals surface area contributed by atoms with Crippen LogP contribution in [0.15, 0.2) is 36.7 Å². The molecule has 2 aromatic rings. The number of benzene rings is 1. The first-order chi connectivity index (χ1) is 17.5. The van der Waals surface area contributed by atoms with E-state index < -0.39 is 23.2 Å². The molecule has 10 heteroatoms. The number of aromatic nitrogens is 1. The Morgan fingerprint density at radius 1 is 1.24 bits per heavy atom. The highest BCUT2D eigenvalue weighted by molar-refractivity contribution is 6.32. The molecule has 1 aromatic heterocycles. The van der Waals surface area contributed by atoms with Gasteiger partial charge >= 0.3 is 6.09 Å². The summed E-state index contributed by atoms with van der Waals surface area (Å²) in [6.07, 6.45) is 3.58. The van der Waals surface area contributed by atoms with E-state index in [0.29, 0.717) is 54.6 Å². The second-order valence-corrected chi connectivity index (χ2v) is 10.8. The van der Waals surface area contributed by atoms with Crippen LogP contribution in [0.2, 0.25) is 5.02 Å². The number of carbonyl (C=O) groups excluding carboxylic acids is 2. The molecule has 9 nitrogen and oxygen atoms in total. The Bertz CT molecular complexity index is 1200. The number of methoxy groups -OCH3 is 1. The molecule has 0 saturated carbocycles. The lowest BCUT2D eigenvalue weighted by atomic mass is 9.75. The number of anilines is 1. The van der Waals surface area contributed by atoms with Crippen LogP contribution in [0.4, 0.5) is 10.5 Å². The van der Waals surface area contributed by atoms with E-state index in [2.05, 4.69) is 11.1 Å². The first-order valence-electron chi connectivity index (χ1n) is 12.2. The van der Waals surface area contributed by atoms with Gasteiger partial charge in [0.05, 0.1) is 35.8 Å². The molecule has 0 radical (unpaired) electrons. The van der Waals surface area contributed by atoms with Crippen molar-refractivity contribution in [3.63, 3.8) is 0 Å². The Balaban J connectivity index is 1.52. The fourth-order valence-electron chi connectivity index (χ4n) is 4.64. The molecule has 2 amide bonds. The molecule has 1 fully saturated rings. The van der Waals surface area contributed by atoms with Gasteiger partial charge in [0.2, 0.25) is 0 Å². The third kappa shape index (κ3) is 5.91. The minimum absolute atomic E-state index is 0.0275. The molecule has 0 N–H and O–H groups in total. The Morgan fingerprint density at radius 3 is 2.51 bits per heavy atom. The lowest BCUT2D eigenvalue weighted by Gasteiger charge is -2.41. The normalized spacial score (nSPS) is 18.8. The standard InChI is InChI=1S/C27H31ClN4O5/c1-26(2,3)37-25(34)32-16-23(36-22-14-21(35-4)19(28)13-20(22)32)24(33)31-11-7-27(17-29,8-12-31)15-18-5-9-30-10-6-18/h5-6,9-10,13-14,23H,7-8,11-12,15-16H2,1-4H3. The maximum Gasteiger partial charge on any atom is 0.415 e. The van der Waals surface area contributed by atoms with E-state index in [0.717, 1.165) is 5.56 Å². The van der Waals surface area contributed by atoms with Crippen LogP contribution in [0, 0.1) is 16.7 Å². The van der Waals surface area contributed by atoms with Gasteiger partial charge in [0.1, 0.15) is 17.1 Å². The topological polar surface area (TPSA) is 105 Å². The van der Waals surface area contributed by atoms with Crippen molar-refractivity contribution in [2.45, 2.75) is 51.7 Å². The van der Waals surface area contributed by atoms with E-state index in [1.165, 1.54) is 12.0 Å². The van der Waals surface area contributed by atoms with Crippen molar-refractivity contribution in [1.29, 1.82) is 5.26 Å². The zero-order chi connectivity index (χ0) is 26.8. The first-order valence-corrected chi connectivity index (χ1v) is 12.6. The van der Waals surface area contributed by atoms with Crippen LogP contribution in [0.1, 0.15) is 39.2 Å². The molecule has 1 saturated heterocycles. The number of ether oxygens (including phenoxy) is 3. The molecule has 1 aromatic carbocycles. The molecule has 4 rings (SSSR count). The van der Waals surface area contributed by atoms with Gasteiger partial charge in [-0.3, -0.25) is 14.7 Å². The summed E-state index contributed by atoms with van der Waals surface area (Å²) in [5, 5.41) is 10.3. The average molecular weight is 527 g/mol. The number of halogens is 1. The van der Waals surface area contributed by atoms with Gasteiger partial charge in [0.25, 0.3) is 5.91 Å². The summed E-state index contributed by atoms with van der Waals surface area (Å²) >= 11 is 6.32. The number of pyridine rings is 1. The smallest absolute Gasteiger partial charge is 0.415 e. The number of hydrogen-bond donors (Lipinski definition) is 0. The van der Waals surface area contributed by atoms with Gasteiger partial charge in [-0.05, 0) is 63.8 Å². The van der Waals surface area contributed by atoms with Gasteiger partial charge in [-0.1, -0.05) is 11.6 Å². The van der Waals surface area contributed by atoms with E-state index in [-0.39, 0.29) is 12.5 Å². The number of carbonyl (C=O) groups is 2. The molecule has 0 aliphatic carbocycles. The molecular weight excluding hydrogens is 496 g/mol. The van der Waals surface area contributed by atoms with Crippen molar-refractivity contribution in [2.24, 2.45) is 5.41 Å². The number of nitriles is 1. The number of likely N-dealkylation sites (tertiary alicyclic amines) is 1. The summed E-state index contributed by atoms with van der Waals surface area (Å²) in [5.74, 6) is 0.423. The summed E-state index contributed by atoms with van der Waals surface area (Å²) < 4.78 is 17.0. The van der Waals surface area contributed by atoms with Gasteiger partial charge in [-0.2, -0.15) is 5.26 Å². The maximum atomic E-state index is 13.6. The summed E-state index contributed by atoms with van der Waals surface area (Å²) in [6, 6.07) is 9.46. The maximum absolute atomic E-state index is 13.6. The average Bonchev–Trinajstić information content (AvgIpc) is 2.87. The van der Waals surface area contributed by atoms with Crippen LogP contribution in [-0.2, 0) is 16.0 Å². The highest BCUT2D eigenvalue weighted by Crippen LogP contribution is 2.42. The predicted molar refractivity (Wildman–Crippen MR) is 138 cm³/mol. The van der Waals surface area contributed by atoms with E-state index >= 15 is 0 Å². The van der Waals surface area contributed by atoms with Crippen LogP contribution in [0.3, 0.4) is 0 Å². The molecule has 0 spiro atoms. The molecule has 0 bridgehead atoms. The van der Waals surface area contributed by atoms with E-state index in [4.69, 9.17) is 25.8 Å². The Morgan fingerprint density at radius 2 is 1.92 bits per heavy atom. The van der Waals surface area contributed by atoms with Gasteiger partial charge in [-0.25, -0.2) is 4.79 Å². The summed E-state index contributed by atoms with van der Waals surface area (Å²) in [4.78, 5) is 33.8. The quantitative estimate of drug-likeness (QED) is 0.572. The number of piperidine rings is 1. The molecule has 37 heavy (non-hydrogen) atoms. The zero-order valence-corrected chi connectivity index (χ0v) is 22.2. The number of amides is 2. The zero-order valence-electron chi connectivity index (χ0n) is 21.5. The van der Waals surface area contributed by atoms with Crippen molar-refractivity contribution in [3.8, 4) is 17.6 Å². The SMILES string of the molecule is COc1cc2c(cc1Cl)N(C(=O)OC(C)(C)C)CC(C(=O)N1CCC(C#N)(Cc3ccncc3)CC1)O2. The van der Waals surface area contributed by atoms with Crippen LogP contribution in [-0.4, -0.2) is 60.3 Å². The highest BCUT2D eigenvalue weighted by Gasteiger charge is 2.42. The van der Waals surface area contributed by atoms with Gasteiger partial charge in [0.15, 0.2) is 6.10 Å². The molecular formula is C27H31ClN4O5. The minimum atomic E-state index is -0.944. The van der Waals surface area contributed by atoms with Gasteiger partial charge in [-0.15, -0.1) is 0 Å². The minimum Gasteiger partial charge on any atom is -0.495 e. The second-order valence-electron chi connectivity index (χ2n) is 10.4. The highest BCUT2D eigenvalue weighted by atomic mass is 35.5.